The summed E-state index contributed by atoms with van der Waals surface area (Å²) in [5.41, 5.74) is 10.5. The molecule has 2 aromatic carbocycles. The van der Waals surface area contributed by atoms with Gasteiger partial charge in [0.15, 0.2) is 5.78 Å². The Morgan fingerprint density at radius 1 is 0.846 bits per heavy atom. The molecule has 0 fully saturated rings. The van der Waals surface area contributed by atoms with Crippen LogP contribution in [0.3, 0.4) is 0 Å². The third-order valence-electron chi connectivity index (χ3n) is 3.58. The van der Waals surface area contributed by atoms with Gasteiger partial charge in [-0.1, -0.05) is 54.6 Å². The normalized spacial score (nSPS) is 14.3. The van der Waals surface area contributed by atoms with Crippen molar-refractivity contribution in [3.05, 3.63) is 125 Å². The summed E-state index contributed by atoms with van der Waals surface area (Å²) < 4.78 is 0. The molecule has 1 N–H and O–H groups in total. The zero-order chi connectivity index (χ0) is 17.3. The summed E-state index contributed by atoms with van der Waals surface area (Å²) in [6.07, 6.45) is 12.8. The Hall–Kier alpha value is -2.94. The quantitative estimate of drug-likeness (QED) is 0.350. The molecule has 0 heterocycles. The minimum atomic E-state index is 0. The number of nitrogens with one attached hydrogen (secondary N) is 1. The number of nitrogens with zero attached hydrogens (tertiary/aromatic N) is 1. The molecular formula is C22H18FeN2O. The standard InChI is InChI=1S/C17H13N2O.C5H5.Fe/c20-17-11-10-15(12-16(17)13-6-4-5-7-13)19-18-14-8-2-1-3-9-14;1-2-4-5-3-1;/h1-12,19H;1-5H;/q2*-1;+2. The monoisotopic (exact) mass is 382 g/mol. The predicted octanol–water partition coefficient (Wildman–Crippen LogP) is 5.04. The Labute approximate surface area is 164 Å². The maximum absolute atomic E-state index is 11.9. The van der Waals surface area contributed by atoms with E-state index in [0.29, 0.717) is 5.57 Å². The van der Waals surface area contributed by atoms with E-state index in [1.54, 1.807) is 12.2 Å². The topological polar surface area (TPSA) is 43.2 Å². The van der Waals surface area contributed by atoms with Gasteiger partial charge in [0.25, 0.3) is 0 Å². The molecule has 0 radical (unpaired) electrons. The average Bonchev–Trinajstić information content (AvgIpc) is 3.38. The summed E-state index contributed by atoms with van der Waals surface area (Å²) >= 11 is 0. The molecule has 0 unspecified atom stereocenters. The number of hydrogen-bond donors (Lipinski definition) is 1. The van der Waals surface area contributed by atoms with Gasteiger partial charge in [-0.2, -0.15) is 18.2 Å². The van der Waals surface area contributed by atoms with Crippen LogP contribution in [-0.2, 0) is 21.9 Å². The molecule has 4 rings (SSSR count). The van der Waals surface area contributed by atoms with Crippen molar-refractivity contribution in [1.82, 2.24) is 5.43 Å². The first-order chi connectivity index (χ1) is 12.3. The van der Waals surface area contributed by atoms with Crippen molar-refractivity contribution in [2.45, 2.75) is 0 Å². The maximum Gasteiger partial charge on any atom is 2.00 e. The number of carbonyl (C=O) groups is 1. The van der Waals surface area contributed by atoms with Crippen LogP contribution < -0.4 is 5.43 Å². The second-order valence-electron chi connectivity index (χ2n) is 5.41. The second kappa shape index (κ2) is 10.1. The van der Waals surface area contributed by atoms with Gasteiger partial charge in [0.2, 0.25) is 0 Å². The van der Waals surface area contributed by atoms with Crippen LogP contribution >= 0.6 is 0 Å². The smallest absolute Gasteiger partial charge is 0.598 e. The second-order valence-corrected chi connectivity index (χ2v) is 5.41. The van der Waals surface area contributed by atoms with Crippen molar-refractivity contribution in [3.8, 4) is 0 Å². The van der Waals surface area contributed by atoms with Crippen LogP contribution in [0.2, 0.25) is 0 Å². The molecule has 0 atom stereocenters. The molecule has 0 aliphatic heterocycles. The van der Waals surface area contributed by atoms with Gasteiger partial charge in [-0.3, -0.25) is 4.79 Å². The summed E-state index contributed by atoms with van der Waals surface area (Å²) in [5, 5.41) is 0. The third kappa shape index (κ3) is 5.55. The number of carbonyl (C=O) groups excluding carboxylic acids is 1. The van der Waals surface area contributed by atoms with Crippen molar-refractivity contribution in [2.24, 2.45) is 0 Å². The number of rotatable bonds is 3. The number of ketones is 1. The summed E-state index contributed by atoms with van der Waals surface area (Å²) in [7, 11) is 0. The van der Waals surface area contributed by atoms with E-state index in [2.05, 4.69) is 10.9 Å². The minimum absolute atomic E-state index is 0. The summed E-state index contributed by atoms with van der Waals surface area (Å²) in [4.78, 5) is 11.9. The van der Waals surface area contributed by atoms with Crippen molar-refractivity contribution in [2.75, 3.05) is 0 Å². The maximum atomic E-state index is 11.9. The van der Waals surface area contributed by atoms with Gasteiger partial charge in [-0.25, -0.2) is 12.1 Å². The van der Waals surface area contributed by atoms with Gasteiger partial charge in [-0.15, -0.1) is 5.69 Å². The van der Waals surface area contributed by atoms with E-state index in [0.717, 1.165) is 17.0 Å². The summed E-state index contributed by atoms with van der Waals surface area (Å²) in [5.74, 6) is 0.0152. The molecule has 0 spiro atoms. The molecule has 2 aliphatic rings. The van der Waals surface area contributed by atoms with Crippen molar-refractivity contribution in [3.63, 3.8) is 0 Å². The predicted molar refractivity (Wildman–Crippen MR) is 102 cm³/mol. The van der Waals surface area contributed by atoms with E-state index < -0.39 is 0 Å². The van der Waals surface area contributed by atoms with E-state index >= 15 is 0 Å². The SMILES string of the molecule is O=C1C=CC(N[N-]c2ccccc2)=CC1=C1C=CC=C1.[Fe+2].c1cc[cH-]c1. The Kier molecular flexibility index (Phi) is 7.56. The van der Waals surface area contributed by atoms with Gasteiger partial charge in [0.1, 0.15) is 0 Å². The molecule has 3 nitrogen and oxygen atoms in total. The Bertz CT molecular complexity index is 826. The van der Waals surface area contributed by atoms with Crippen LogP contribution in [0.5, 0.6) is 0 Å². The molecule has 2 aromatic rings. The van der Waals surface area contributed by atoms with Gasteiger partial charge >= 0.3 is 17.1 Å². The molecule has 2 aliphatic carbocycles. The molecule has 26 heavy (non-hydrogen) atoms. The van der Waals surface area contributed by atoms with Crippen LogP contribution in [-0.4, -0.2) is 5.78 Å². The van der Waals surface area contributed by atoms with Crippen molar-refractivity contribution < 1.29 is 21.9 Å². The Morgan fingerprint density at radius 2 is 1.54 bits per heavy atom. The van der Waals surface area contributed by atoms with Crippen LogP contribution in [0.4, 0.5) is 5.69 Å². The first kappa shape index (κ1) is 19.4. The molecule has 130 valence electrons. The van der Waals surface area contributed by atoms with Crippen molar-refractivity contribution >= 4 is 11.5 Å². The molecular weight excluding hydrogens is 364 g/mol. The van der Waals surface area contributed by atoms with Crippen LogP contribution in [0.1, 0.15) is 0 Å². The fraction of sp³-hybridized carbons (Fsp3) is 0. The summed E-state index contributed by atoms with van der Waals surface area (Å²) in [6, 6.07) is 19.6. The molecule has 0 saturated carbocycles. The van der Waals surface area contributed by atoms with Gasteiger partial charge in [0.05, 0.1) is 0 Å². The van der Waals surface area contributed by atoms with Gasteiger partial charge in [0, 0.05) is 11.3 Å². The zero-order valence-electron chi connectivity index (χ0n) is 14.0. The largest absolute Gasteiger partial charge is 2.00 e. The van der Waals surface area contributed by atoms with E-state index in [1.807, 2.05) is 91.0 Å². The zero-order valence-corrected chi connectivity index (χ0v) is 15.1. The van der Waals surface area contributed by atoms with Crippen molar-refractivity contribution in [1.29, 1.82) is 0 Å². The fourth-order valence-corrected chi connectivity index (χ4v) is 2.33. The van der Waals surface area contributed by atoms with Crippen LogP contribution in [0, 0.1) is 0 Å². The van der Waals surface area contributed by atoms with E-state index in [1.165, 1.54) is 0 Å². The van der Waals surface area contributed by atoms with Crippen LogP contribution in [0.25, 0.3) is 5.43 Å². The molecule has 0 aromatic heterocycles. The first-order valence-corrected chi connectivity index (χ1v) is 8.04. The molecule has 0 saturated heterocycles. The first-order valence-electron chi connectivity index (χ1n) is 8.04. The van der Waals surface area contributed by atoms with E-state index in [9.17, 15) is 4.79 Å². The molecule has 0 amide bonds. The van der Waals surface area contributed by atoms with Gasteiger partial charge in [-0.05, 0) is 23.8 Å². The molecule has 0 bridgehead atoms. The van der Waals surface area contributed by atoms with Crippen LogP contribution in [0.15, 0.2) is 120 Å². The average molecular weight is 382 g/mol. The number of allylic oxidation sites excluding steroid dienone is 9. The summed E-state index contributed by atoms with van der Waals surface area (Å²) in [6.45, 7) is 0. The third-order valence-corrected chi connectivity index (χ3v) is 3.58. The fourth-order valence-electron chi connectivity index (χ4n) is 2.33. The number of para-hydroxylation sites is 1. The van der Waals surface area contributed by atoms with Gasteiger partial charge < -0.3 is 10.9 Å². The van der Waals surface area contributed by atoms with E-state index in [4.69, 9.17) is 0 Å². The Balaban J connectivity index is 0.000000351. The number of hydrogen-bond acceptors (Lipinski definition) is 2. The van der Waals surface area contributed by atoms with E-state index in [-0.39, 0.29) is 22.9 Å². The minimum Gasteiger partial charge on any atom is -0.598 e. The number of benzene rings is 1. The molecule has 4 heteroatoms. The Morgan fingerprint density at radius 3 is 2.15 bits per heavy atom.